The number of nitrogens with one attached hydrogen (secondary N) is 1. The molecule has 1 N–H and O–H groups in total. The molecule has 1 amide bonds. The van der Waals surface area contributed by atoms with Crippen LogP contribution in [0.3, 0.4) is 0 Å². The van der Waals surface area contributed by atoms with Crippen molar-refractivity contribution in [2.45, 2.75) is 56.9 Å². The average Bonchev–Trinajstić information content (AvgIpc) is 2.79. The fourth-order valence-corrected chi connectivity index (χ4v) is 4.89. The lowest BCUT2D eigenvalue weighted by Crippen LogP contribution is -2.36. The van der Waals surface area contributed by atoms with E-state index in [0.29, 0.717) is 11.1 Å². The zero-order valence-corrected chi connectivity index (χ0v) is 15.2. The predicted molar refractivity (Wildman–Crippen MR) is 95.3 cm³/mol. The highest BCUT2D eigenvalue weighted by atomic mass is 32.2. The van der Waals surface area contributed by atoms with Gasteiger partial charge >= 0.3 is 0 Å². The van der Waals surface area contributed by atoms with Gasteiger partial charge in [0.2, 0.25) is 10.0 Å². The van der Waals surface area contributed by atoms with Gasteiger partial charge in [-0.25, -0.2) is 13.1 Å². The van der Waals surface area contributed by atoms with Crippen LogP contribution in [-0.2, 0) is 14.8 Å². The summed E-state index contributed by atoms with van der Waals surface area (Å²) in [5.74, 6) is -0.0835. The number of fused-ring (bicyclic) bond motifs is 1. The number of hydrogen-bond donors (Lipinski definition) is 1. The number of carbonyl (C=O) groups excluding carboxylic acids is 1. The van der Waals surface area contributed by atoms with E-state index < -0.39 is 10.0 Å². The lowest BCUT2D eigenvalue weighted by Gasteiger charge is -2.22. The molecule has 0 bridgehead atoms. The van der Waals surface area contributed by atoms with Crippen LogP contribution < -0.4 is 9.62 Å². The smallest absolute Gasteiger partial charge is 0.258 e. The standard InChI is InChI=1S/C18H24N2O3S/c1-12(2)17-15-11-14(9-10-16(15)20(3)18(17)21)24(22,23)19-13-7-5-4-6-8-13/h9-11,13,19H,4-8H2,1-3H3. The number of rotatable bonds is 3. The van der Waals surface area contributed by atoms with Crippen molar-refractivity contribution in [1.82, 2.24) is 4.72 Å². The quantitative estimate of drug-likeness (QED) is 0.854. The molecule has 0 radical (unpaired) electrons. The fraction of sp³-hybridized carbons (Fsp3) is 0.500. The van der Waals surface area contributed by atoms with Crippen LogP contribution in [0.1, 0.15) is 51.5 Å². The number of hydrogen-bond acceptors (Lipinski definition) is 3. The summed E-state index contributed by atoms with van der Waals surface area (Å²) in [4.78, 5) is 14.2. The summed E-state index contributed by atoms with van der Waals surface area (Å²) in [6.45, 7) is 3.75. The largest absolute Gasteiger partial charge is 0.311 e. The van der Waals surface area contributed by atoms with Gasteiger partial charge in [0.25, 0.3) is 5.91 Å². The molecule has 1 aromatic rings. The van der Waals surface area contributed by atoms with Gasteiger partial charge in [-0.2, -0.15) is 0 Å². The van der Waals surface area contributed by atoms with E-state index in [-0.39, 0.29) is 16.8 Å². The van der Waals surface area contributed by atoms with Crippen molar-refractivity contribution in [3.05, 3.63) is 29.3 Å². The van der Waals surface area contributed by atoms with E-state index in [1.807, 2.05) is 13.8 Å². The molecule has 1 aromatic carbocycles. The molecule has 1 saturated carbocycles. The molecular weight excluding hydrogens is 324 g/mol. The molecule has 0 unspecified atom stereocenters. The highest BCUT2D eigenvalue weighted by Crippen LogP contribution is 2.38. The van der Waals surface area contributed by atoms with Gasteiger partial charge in [-0.05, 0) is 44.9 Å². The molecule has 5 nitrogen and oxygen atoms in total. The first-order valence-electron chi connectivity index (χ1n) is 8.43. The van der Waals surface area contributed by atoms with E-state index in [9.17, 15) is 13.2 Å². The molecular formula is C18H24N2O3S. The number of likely N-dealkylation sites (N-methyl/N-ethyl adjacent to an activating group) is 1. The third-order valence-electron chi connectivity index (χ3n) is 4.85. The van der Waals surface area contributed by atoms with Crippen molar-refractivity contribution in [1.29, 1.82) is 0 Å². The Hall–Kier alpha value is -1.66. The van der Waals surface area contributed by atoms with E-state index in [2.05, 4.69) is 4.72 Å². The Morgan fingerprint density at radius 3 is 2.46 bits per heavy atom. The first-order chi connectivity index (χ1) is 11.3. The van der Waals surface area contributed by atoms with E-state index in [0.717, 1.165) is 36.9 Å². The molecule has 1 aliphatic carbocycles. The Morgan fingerprint density at radius 1 is 1.17 bits per heavy atom. The third-order valence-corrected chi connectivity index (χ3v) is 6.37. The van der Waals surface area contributed by atoms with Crippen LogP contribution >= 0.6 is 0 Å². The van der Waals surface area contributed by atoms with Crippen LogP contribution in [0.25, 0.3) is 5.57 Å². The SMILES string of the molecule is CC(C)=C1C(=O)N(C)c2ccc(S(=O)(=O)NC3CCCCC3)cc21. The summed E-state index contributed by atoms with van der Waals surface area (Å²) in [6, 6.07) is 4.95. The molecule has 130 valence electrons. The van der Waals surface area contributed by atoms with Crippen molar-refractivity contribution in [3.63, 3.8) is 0 Å². The lowest BCUT2D eigenvalue weighted by atomic mass is 9.96. The van der Waals surface area contributed by atoms with Crippen molar-refractivity contribution in [2.24, 2.45) is 0 Å². The van der Waals surface area contributed by atoms with E-state index in [1.165, 1.54) is 6.42 Å². The summed E-state index contributed by atoms with van der Waals surface area (Å²) >= 11 is 0. The molecule has 3 rings (SSSR count). The average molecular weight is 348 g/mol. The summed E-state index contributed by atoms with van der Waals surface area (Å²) in [5.41, 5.74) is 2.95. The Balaban J connectivity index is 1.97. The second-order valence-electron chi connectivity index (χ2n) is 6.87. The maximum absolute atomic E-state index is 12.7. The summed E-state index contributed by atoms with van der Waals surface area (Å²) < 4.78 is 28.3. The second-order valence-corrected chi connectivity index (χ2v) is 8.59. The molecule has 24 heavy (non-hydrogen) atoms. The highest BCUT2D eigenvalue weighted by molar-refractivity contribution is 7.89. The van der Waals surface area contributed by atoms with E-state index in [4.69, 9.17) is 0 Å². The molecule has 0 saturated heterocycles. The van der Waals surface area contributed by atoms with Crippen molar-refractivity contribution >= 4 is 27.2 Å². The highest BCUT2D eigenvalue weighted by Gasteiger charge is 2.32. The predicted octanol–water partition coefficient (Wildman–Crippen LogP) is 3.07. The molecule has 1 fully saturated rings. The van der Waals surface area contributed by atoms with Gasteiger partial charge in [0, 0.05) is 24.2 Å². The number of carbonyl (C=O) groups is 1. The Kier molecular flexibility index (Phi) is 4.53. The summed E-state index contributed by atoms with van der Waals surface area (Å²) in [5, 5.41) is 0. The monoisotopic (exact) mass is 348 g/mol. The number of allylic oxidation sites excluding steroid dienone is 1. The number of anilines is 1. The number of benzene rings is 1. The number of nitrogens with zero attached hydrogens (tertiary/aromatic N) is 1. The molecule has 1 aliphatic heterocycles. The molecule has 0 atom stereocenters. The first kappa shape index (κ1) is 17.2. The van der Waals surface area contributed by atoms with Crippen molar-refractivity contribution in [2.75, 3.05) is 11.9 Å². The van der Waals surface area contributed by atoms with Crippen LogP contribution in [0.15, 0.2) is 28.7 Å². The van der Waals surface area contributed by atoms with Crippen molar-refractivity contribution < 1.29 is 13.2 Å². The molecule has 0 aromatic heterocycles. The van der Waals surface area contributed by atoms with Gasteiger partial charge in [-0.1, -0.05) is 24.8 Å². The topological polar surface area (TPSA) is 66.5 Å². The van der Waals surface area contributed by atoms with Gasteiger partial charge in [-0.15, -0.1) is 0 Å². The lowest BCUT2D eigenvalue weighted by molar-refractivity contribution is -0.112. The summed E-state index contributed by atoms with van der Waals surface area (Å²) in [6.07, 6.45) is 5.10. The Bertz CT molecular complexity index is 802. The Morgan fingerprint density at radius 2 is 1.83 bits per heavy atom. The molecule has 1 heterocycles. The normalized spacial score (nSPS) is 18.9. The van der Waals surface area contributed by atoms with Crippen LogP contribution in [0.5, 0.6) is 0 Å². The number of sulfonamides is 1. The fourth-order valence-electron chi connectivity index (χ4n) is 3.56. The van der Waals surface area contributed by atoms with Gasteiger partial charge < -0.3 is 4.90 Å². The Labute approximate surface area is 143 Å². The number of amides is 1. The van der Waals surface area contributed by atoms with Crippen LogP contribution in [0.4, 0.5) is 5.69 Å². The van der Waals surface area contributed by atoms with E-state index >= 15 is 0 Å². The van der Waals surface area contributed by atoms with Crippen LogP contribution in [-0.4, -0.2) is 27.4 Å². The zero-order valence-electron chi connectivity index (χ0n) is 14.4. The summed E-state index contributed by atoms with van der Waals surface area (Å²) in [7, 11) is -1.85. The minimum Gasteiger partial charge on any atom is -0.311 e. The van der Waals surface area contributed by atoms with Gasteiger partial charge in [-0.3, -0.25) is 4.79 Å². The minimum absolute atomic E-state index is 0.0178. The van der Waals surface area contributed by atoms with Gasteiger partial charge in [0.1, 0.15) is 0 Å². The van der Waals surface area contributed by atoms with Crippen LogP contribution in [0.2, 0.25) is 0 Å². The first-order valence-corrected chi connectivity index (χ1v) is 9.92. The van der Waals surface area contributed by atoms with Gasteiger partial charge in [0.05, 0.1) is 10.6 Å². The molecule has 0 spiro atoms. The third kappa shape index (κ3) is 3.00. The van der Waals surface area contributed by atoms with Gasteiger partial charge in [0.15, 0.2) is 0 Å². The molecule has 6 heteroatoms. The maximum Gasteiger partial charge on any atom is 0.258 e. The molecule has 2 aliphatic rings. The second kappa shape index (κ2) is 6.33. The maximum atomic E-state index is 12.7. The van der Waals surface area contributed by atoms with E-state index in [1.54, 1.807) is 30.1 Å². The van der Waals surface area contributed by atoms with Crippen LogP contribution in [0, 0.1) is 0 Å². The van der Waals surface area contributed by atoms with Crippen molar-refractivity contribution in [3.8, 4) is 0 Å². The zero-order chi connectivity index (χ0) is 17.5. The minimum atomic E-state index is -3.57.